The summed E-state index contributed by atoms with van der Waals surface area (Å²) in [6.45, 7) is 11.5. The van der Waals surface area contributed by atoms with E-state index in [1.807, 2.05) is 0 Å². The van der Waals surface area contributed by atoms with Crippen LogP contribution in [0.3, 0.4) is 0 Å². The van der Waals surface area contributed by atoms with E-state index in [-0.39, 0.29) is 0 Å². The second-order valence-electron chi connectivity index (χ2n) is 6.69. The Morgan fingerprint density at radius 2 is 2.00 bits per heavy atom. The van der Waals surface area contributed by atoms with Crippen LogP contribution in [0, 0.1) is 17.3 Å². The van der Waals surface area contributed by atoms with E-state index in [1.54, 1.807) is 0 Å². The normalized spacial score (nSPS) is 42.8. The van der Waals surface area contributed by atoms with Gasteiger partial charge in [-0.15, -0.1) is 0 Å². The molecule has 16 heavy (non-hydrogen) atoms. The first-order valence-corrected chi connectivity index (χ1v) is 6.83. The second kappa shape index (κ2) is 4.66. The van der Waals surface area contributed by atoms with Gasteiger partial charge in [0.05, 0.1) is 6.10 Å². The van der Waals surface area contributed by atoms with Crippen LogP contribution >= 0.6 is 0 Å². The Bertz CT molecular complexity index is 239. The summed E-state index contributed by atoms with van der Waals surface area (Å²) < 4.78 is 5.61. The van der Waals surface area contributed by atoms with E-state index in [4.69, 9.17) is 4.74 Å². The molecule has 0 aromatic carbocycles. The number of ether oxygens (including phenoxy) is 1. The van der Waals surface area contributed by atoms with E-state index < -0.39 is 0 Å². The van der Waals surface area contributed by atoms with Crippen LogP contribution in [0.1, 0.15) is 47.0 Å². The summed E-state index contributed by atoms with van der Waals surface area (Å²) in [6, 6.07) is 0.725. The predicted octanol–water partition coefficient (Wildman–Crippen LogP) is 2.83. The first-order valence-electron chi connectivity index (χ1n) is 6.83. The molecule has 1 aliphatic heterocycles. The van der Waals surface area contributed by atoms with Gasteiger partial charge in [0, 0.05) is 19.2 Å². The van der Waals surface area contributed by atoms with E-state index in [0.717, 1.165) is 31.0 Å². The first kappa shape index (κ1) is 12.4. The SMILES string of the molecule is CC1CC(C)(C)CC1NCC1CCOC1C. The Balaban J connectivity index is 1.78. The molecular formula is C14H27NO. The van der Waals surface area contributed by atoms with Gasteiger partial charge in [-0.1, -0.05) is 20.8 Å². The monoisotopic (exact) mass is 225 g/mol. The highest BCUT2D eigenvalue weighted by Crippen LogP contribution is 2.40. The van der Waals surface area contributed by atoms with Crippen LogP contribution in [-0.2, 0) is 4.74 Å². The molecule has 1 saturated heterocycles. The second-order valence-corrected chi connectivity index (χ2v) is 6.69. The Morgan fingerprint density at radius 3 is 2.50 bits per heavy atom. The Kier molecular flexibility index (Phi) is 3.60. The van der Waals surface area contributed by atoms with Crippen molar-refractivity contribution in [2.45, 2.75) is 59.1 Å². The van der Waals surface area contributed by atoms with Crippen molar-refractivity contribution in [3.63, 3.8) is 0 Å². The van der Waals surface area contributed by atoms with Crippen LogP contribution in [0.5, 0.6) is 0 Å². The van der Waals surface area contributed by atoms with Crippen molar-refractivity contribution in [2.24, 2.45) is 17.3 Å². The fraction of sp³-hybridized carbons (Fsp3) is 1.00. The number of rotatable bonds is 3. The minimum atomic E-state index is 0.456. The average Bonchev–Trinajstić information content (AvgIpc) is 2.67. The molecule has 0 radical (unpaired) electrons. The molecule has 2 rings (SSSR count). The lowest BCUT2D eigenvalue weighted by molar-refractivity contribution is 0.104. The molecule has 0 bridgehead atoms. The van der Waals surface area contributed by atoms with E-state index in [0.29, 0.717) is 11.5 Å². The van der Waals surface area contributed by atoms with E-state index in [1.165, 1.54) is 19.3 Å². The molecule has 1 saturated carbocycles. The summed E-state index contributed by atoms with van der Waals surface area (Å²) in [4.78, 5) is 0. The highest BCUT2D eigenvalue weighted by molar-refractivity contribution is 4.91. The number of hydrogen-bond acceptors (Lipinski definition) is 2. The van der Waals surface area contributed by atoms with Crippen LogP contribution in [0.25, 0.3) is 0 Å². The van der Waals surface area contributed by atoms with Gasteiger partial charge < -0.3 is 10.1 Å². The third-order valence-corrected chi connectivity index (χ3v) is 4.51. The van der Waals surface area contributed by atoms with E-state index >= 15 is 0 Å². The zero-order valence-electron chi connectivity index (χ0n) is 11.3. The molecule has 1 N–H and O–H groups in total. The van der Waals surface area contributed by atoms with Gasteiger partial charge >= 0.3 is 0 Å². The Morgan fingerprint density at radius 1 is 1.25 bits per heavy atom. The Hall–Kier alpha value is -0.0800. The van der Waals surface area contributed by atoms with Crippen molar-refractivity contribution in [2.75, 3.05) is 13.2 Å². The summed E-state index contributed by atoms with van der Waals surface area (Å²) in [5.74, 6) is 1.56. The molecule has 2 fully saturated rings. The lowest BCUT2D eigenvalue weighted by atomic mass is 9.91. The first-order chi connectivity index (χ1) is 7.48. The summed E-state index contributed by atoms with van der Waals surface area (Å²) in [5, 5.41) is 3.78. The quantitative estimate of drug-likeness (QED) is 0.797. The zero-order valence-corrected chi connectivity index (χ0v) is 11.3. The minimum absolute atomic E-state index is 0.456. The average molecular weight is 225 g/mol. The molecular weight excluding hydrogens is 198 g/mol. The van der Waals surface area contributed by atoms with Crippen LogP contribution in [0.2, 0.25) is 0 Å². The maximum absolute atomic E-state index is 5.61. The highest BCUT2D eigenvalue weighted by atomic mass is 16.5. The molecule has 0 spiro atoms. The molecule has 2 nitrogen and oxygen atoms in total. The van der Waals surface area contributed by atoms with Crippen molar-refractivity contribution in [1.29, 1.82) is 0 Å². The zero-order chi connectivity index (χ0) is 11.8. The molecule has 0 amide bonds. The van der Waals surface area contributed by atoms with Crippen LogP contribution in [0.4, 0.5) is 0 Å². The van der Waals surface area contributed by atoms with Crippen LogP contribution < -0.4 is 5.32 Å². The summed E-state index contributed by atoms with van der Waals surface area (Å²) in [6.07, 6.45) is 4.38. The molecule has 94 valence electrons. The molecule has 2 heteroatoms. The molecule has 0 aromatic rings. The Labute approximate surface area is 100 Å². The number of hydrogen-bond donors (Lipinski definition) is 1. The maximum Gasteiger partial charge on any atom is 0.0588 e. The molecule has 4 unspecified atom stereocenters. The van der Waals surface area contributed by atoms with Crippen LogP contribution in [0.15, 0.2) is 0 Å². The maximum atomic E-state index is 5.61. The van der Waals surface area contributed by atoms with Gasteiger partial charge in [-0.2, -0.15) is 0 Å². The van der Waals surface area contributed by atoms with Gasteiger partial charge in [0.25, 0.3) is 0 Å². The fourth-order valence-corrected chi connectivity index (χ4v) is 3.51. The van der Waals surface area contributed by atoms with Gasteiger partial charge in [-0.25, -0.2) is 0 Å². The predicted molar refractivity (Wildman–Crippen MR) is 67.5 cm³/mol. The molecule has 4 atom stereocenters. The van der Waals surface area contributed by atoms with Gasteiger partial charge in [-0.05, 0) is 43.4 Å². The lowest BCUT2D eigenvalue weighted by Gasteiger charge is -2.22. The smallest absolute Gasteiger partial charge is 0.0588 e. The van der Waals surface area contributed by atoms with Gasteiger partial charge in [0.15, 0.2) is 0 Å². The van der Waals surface area contributed by atoms with Crippen molar-refractivity contribution in [3.05, 3.63) is 0 Å². The lowest BCUT2D eigenvalue weighted by Crippen LogP contribution is -2.37. The third kappa shape index (κ3) is 2.78. The molecule has 1 heterocycles. The molecule has 0 aromatic heterocycles. The highest BCUT2D eigenvalue weighted by Gasteiger charge is 2.37. The van der Waals surface area contributed by atoms with Gasteiger partial charge in [-0.3, -0.25) is 0 Å². The van der Waals surface area contributed by atoms with Crippen LogP contribution in [-0.4, -0.2) is 25.3 Å². The summed E-state index contributed by atoms with van der Waals surface area (Å²) >= 11 is 0. The fourth-order valence-electron chi connectivity index (χ4n) is 3.51. The number of nitrogens with one attached hydrogen (secondary N) is 1. The topological polar surface area (TPSA) is 21.3 Å². The molecule has 2 aliphatic rings. The van der Waals surface area contributed by atoms with Gasteiger partial charge in [0.1, 0.15) is 0 Å². The summed E-state index contributed by atoms with van der Waals surface area (Å²) in [7, 11) is 0. The van der Waals surface area contributed by atoms with E-state index in [9.17, 15) is 0 Å². The van der Waals surface area contributed by atoms with E-state index in [2.05, 4.69) is 33.0 Å². The van der Waals surface area contributed by atoms with Crippen molar-refractivity contribution >= 4 is 0 Å². The summed E-state index contributed by atoms with van der Waals surface area (Å²) in [5.41, 5.74) is 0.537. The molecule has 1 aliphatic carbocycles. The minimum Gasteiger partial charge on any atom is -0.378 e. The van der Waals surface area contributed by atoms with Crippen molar-refractivity contribution < 1.29 is 4.74 Å². The third-order valence-electron chi connectivity index (χ3n) is 4.51. The van der Waals surface area contributed by atoms with Crippen molar-refractivity contribution in [1.82, 2.24) is 5.32 Å². The largest absolute Gasteiger partial charge is 0.378 e. The van der Waals surface area contributed by atoms with Crippen molar-refractivity contribution in [3.8, 4) is 0 Å². The standard InChI is InChI=1S/C14H27NO/c1-10-7-14(3,4)8-13(10)15-9-12-5-6-16-11(12)2/h10-13,15H,5-9H2,1-4H3. The van der Waals surface area contributed by atoms with Gasteiger partial charge in [0.2, 0.25) is 0 Å².